The number of carbonyl (C=O) groups excluding carboxylic acids is 1. The molecule has 1 aliphatic carbocycles. The molecular weight excluding hydrogens is 300 g/mol. The second-order valence-electron chi connectivity index (χ2n) is 5.20. The minimum absolute atomic E-state index is 0.131. The highest BCUT2D eigenvalue weighted by molar-refractivity contribution is 6.49. The van der Waals surface area contributed by atoms with Crippen LogP contribution in [-0.4, -0.2) is 22.7 Å². The maximum absolute atomic E-state index is 12.6. The molecule has 2 aromatic rings. The molecule has 0 aromatic heterocycles. The van der Waals surface area contributed by atoms with Gasteiger partial charge >= 0.3 is 0 Å². The maximum Gasteiger partial charge on any atom is 0.253 e. The van der Waals surface area contributed by atoms with Crippen molar-refractivity contribution in [2.75, 3.05) is 5.32 Å². The fourth-order valence-corrected chi connectivity index (χ4v) is 2.86. The number of hydrogen-bond acceptors (Lipinski definition) is 3. The Bertz CT molecular complexity index is 835. The Balaban J connectivity index is 2.05. The quantitative estimate of drug-likeness (QED) is 0.757. The standard InChI is InChI=1S/C17H15ClN2O2/c18-15-13-9-5-4-6-11(13)10-14(21)17(15,19)16(22)20-12-7-2-1-3-8-12/h1-10,14,21H,19H2,(H,20,22). The minimum Gasteiger partial charge on any atom is -0.386 e. The Morgan fingerprint density at radius 3 is 2.50 bits per heavy atom. The Labute approximate surface area is 132 Å². The molecule has 0 spiro atoms. The van der Waals surface area contributed by atoms with Crippen LogP contribution in [0.2, 0.25) is 0 Å². The van der Waals surface area contributed by atoms with Gasteiger partial charge in [0.15, 0.2) is 5.54 Å². The van der Waals surface area contributed by atoms with Crippen LogP contribution in [0, 0.1) is 0 Å². The molecule has 4 nitrogen and oxygen atoms in total. The highest BCUT2D eigenvalue weighted by Crippen LogP contribution is 2.26. The molecule has 1 aliphatic rings. The number of para-hydroxylation sites is 1. The molecule has 0 heterocycles. The summed E-state index contributed by atoms with van der Waals surface area (Å²) in [6, 6.07) is 16.1. The Morgan fingerprint density at radius 2 is 1.77 bits per heavy atom. The topological polar surface area (TPSA) is 75.4 Å². The molecule has 22 heavy (non-hydrogen) atoms. The van der Waals surface area contributed by atoms with Gasteiger partial charge in [0.1, 0.15) is 6.10 Å². The zero-order valence-electron chi connectivity index (χ0n) is 11.7. The molecule has 0 fully saturated rings. The van der Waals surface area contributed by atoms with Crippen molar-refractivity contribution in [2.45, 2.75) is 11.6 Å². The van der Waals surface area contributed by atoms with Gasteiger partial charge in [-0.2, -0.15) is 0 Å². The molecule has 0 aliphatic heterocycles. The molecular formula is C17H15ClN2O2. The molecule has 2 atom stereocenters. The summed E-state index contributed by atoms with van der Waals surface area (Å²) in [4.78, 5) is 12.6. The number of amides is 1. The van der Waals surface area contributed by atoms with Gasteiger partial charge in [0.2, 0.25) is 0 Å². The number of carbonyl (C=O) groups is 1. The second kappa shape index (κ2) is 5.57. The number of anilines is 1. The lowest BCUT2D eigenvalue weighted by molar-refractivity contribution is -0.121. The van der Waals surface area contributed by atoms with Crippen LogP contribution in [0.5, 0.6) is 0 Å². The lowest BCUT2D eigenvalue weighted by atomic mass is 9.86. The molecule has 0 bridgehead atoms. The van der Waals surface area contributed by atoms with Crippen molar-refractivity contribution in [3.8, 4) is 0 Å². The molecule has 0 radical (unpaired) electrons. The summed E-state index contributed by atoms with van der Waals surface area (Å²) >= 11 is 6.36. The Kier molecular flexibility index (Phi) is 3.74. The molecule has 3 rings (SSSR count). The highest BCUT2D eigenvalue weighted by atomic mass is 35.5. The number of hydrogen-bond donors (Lipinski definition) is 3. The number of aliphatic hydroxyl groups is 1. The largest absolute Gasteiger partial charge is 0.386 e. The fourth-order valence-electron chi connectivity index (χ4n) is 2.49. The third-order valence-electron chi connectivity index (χ3n) is 3.77. The minimum atomic E-state index is -1.72. The number of halogens is 1. The molecule has 112 valence electrons. The molecule has 0 saturated carbocycles. The number of fused-ring (bicyclic) bond motifs is 1. The molecule has 2 unspecified atom stereocenters. The van der Waals surface area contributed by atoms with Crippen molar-refractivity contribution in [1.82, 2.24) is 0 Å². The van der Waals surface area contributed by atoms with Crippen LogP contribution in [-0.2, 0) is 4.79 Å². The van der Waals surface area contributed by atoms with Gasteiger partial charge in [-0.15, -0.1) is 0 Å². The van der Waals surface area contributed by atoms with E-state index in [1.54, 1.807) is 36.4 Å². The fraction of sp³-hybridized carbons (Fsp3) is 0.118. The summed E-state index contributed by atoms with van der Waals surface area (Å²) in [5, 5.41) is 14.6. The van der Waals surface area contributed by atoms with E-state index in [0.717, 1.165) is 5.22 Å². The van der Waals surface area contributed by atoms with Crippen molar-refractivity contribution in [3.05, 3.63) is 65.0 Å². The second-order valence-corrected chi connectivity index (χ2v) is 5.58. The molecule has 2 aromatic carbocycles. The number of aliphatic hydroxyl groups excluding tert-OH is 1. The van der Waals surface area contributed by atoms with Crippen LogP contribution in [0.1, 0.15) is 0 Å². The third-order valence-corrected chi connectivity index (χ3v) is 4.29. The first-order valence-corrected chi connectivity index (χ1v) is 7.22. The van der Waals surface area contributed by atoms with Crippen LogP contribution < -0.4 is 21.5 Å². The summed E-state index contributed by atoms with van der Waals surface area (Å²) in [6.45, 7) is 0. The van der Waals surface area contributed by atoms with Gasteiger partial charge in [-0.3, -0.25) is 4.79 Å². The first-order valence-electron chi connectivity index (χ1n) is 6.84. The predicted molar refractivity (Wildman–Crippen MR) is 87.4 cm³/mol. The van der Waals surface area contributed by atoms with Gasteiger partial charge in [-0.25, -0.2) is 0 Å². The molecule has 4 N–H and O–H groups in total. The molecule has 1 amide bonds. The van der Waals surface area contributed by atoms with Gasteiger partial charge in [0, 0.05) is 5.69 Å². The van der Waals surface area contributed by atoms with Crippen LogP contribution in [0.3, 0.4) is 0 Å². The van der Waals surface area contributed by atoms with E-state index in [4.69, 9.17) is 17.3 Å². The molecule has 0 saturated heterocycles. The van der Waals surface area contributed by atoms with Gasteiger partial charge in [0.05, 0.1) is 5.03 Å². The van der Waals surface area contributed by atoms with E-state index in [2.05, 4.69) is 5.32 Å². The van der Waals surface area contributed by atoms with Crippen molar-refractivity contribution < 1.29 is 9.90 Å². The SMILES string of the molecule is NC1(C(=O)Nc2ccccc2)C(Cl)=c2ccccc2=CC1O. The van der Waals surface area contributed by atoms with Gasteiger partial charge in [0.25, 0.3) is 5.91 Å². The lowest BCUT2D eigenvalue weighted by Crippen LogP contribution is -2.63. The average Bonchev–Trinajstić information content (AvgIpc) is 2.53. The summed E-state index contributed by atoms with van der Waals surface area (Å²) in [5.41, 5.74) is 5.06. The van der Waals surface area contributed by atoms with E-state index in [1.165, 1.54) is 0 Å². The Morgan fingerprint density at radius 1 is 1.14 bits per heavy atom. The van der Waals surface area contributed by atoms with E-state index >= 15 is 0 Å². The smallest absolute Gasteiger partial charge is 0.253 e. The van der Waals surface area contributed by atoms with E-state index in [9.17, 15) is 9.90 Å². The van der Waals surface area contributed by atoms with Crippen molar-refractivity contribution >= 4 is 34.3 Å². The van der Waals surface area contributed by atoms with Crippen LogP contribution in [0.15, 0.2) is 54.6 Å². The zero-order chi connectivity index (χ0) is 15.7. The van der Waals surface area contributed by atoms with Gasteiger partial charge in [-0.05, 0) is 28.6 Å². The summed E-state index contributed by atoms with van der Waals surface area (Å²) in [5.74, 6) is -0.554. The summed E-state index contributed by atoms with van der Waals surface area (Å²) in [7, 11) is 0. The highest BCUT2D eigenvalue weighted by Gasteiger charge is 2.45. The first-order chi connectivity index (χ1) is 10.5. The average molecular weight is 315 g/mol. The predicted octanol–water partition coefficient (Wildman–Crippen LogP) is 0.525. The number of benzene rings is 2. The monoisotopic (exact) mass is 314 g/mol. The van der Waals surface area contributed by atoms with E-state index in [0.29, 0.717) is 10.9 Å². The van der Waals surface area contributed by atoms with Crippen LogP contribution in [0.4, 0.5) is 5.69 Å². The van der Waals surface area contributed by atoms with E-state index in [-0.39, 0.29) is 5.03 Å². The lowest BCUT2D eigenvalue weighted by Gasteiger charge is -2.33. The number of nitrogens with one attached hydrogen (secondary N) is 1. The normalized spacial score (nSPS) is 23.4. The van der Waals surface area contributed by atoms with Crippen LogP contribution >= 0.6 is 11.6 Å². The third kappa shape index (κ3) is 2.31. The van der Waals surface area contributed by atoms with E-state index in [1.807, 2.05) is 24.3 Å². The molecule has 5 heteroatoms. The number of rotatable bonds is 2. The van der Waals surface area contributed by atoms with Crippen LogP contribution in [0.25, 0.3) is 11.1 Å². The van der Waals surface area contributed by atoms with E-state index < -0.39 is 17.6 Å². The van der Waals surface area contributed by atoms with Gasteiger partial charge in [-0.1, -0.05) is 54.1 Å². The summed E-state index contributed by atoms with van der Waals surface area (Å²) < 4.78 is 0. The zero-order valence-corrected chi connectivity index (χ0v) is 12.4. The van der Waals surface area contributed by atoms with Crippen molar-refractivity contribution in [3.63, 3.8) is 0 Å². The van der Waals surface area contributed by atoms with Crippen molar-refractivity contribution in [2.24, 2.45) is 5.73 Å². The van der Waals surface area contributed by atoms with Gasteiger partial charge < -0.3 is 16.2 Å². The first kappa shape index (κ1) is 14.8. The Hall–Kier alpha value is -2.14. The number of nitrogens with two attached hydrogens (primary N) is 1. The maximum atomic E-state index is 12.6. The van der Waals surface area contributed by atoms with Crippen molar-refractivity contribution in [1.29, 1.82) is 0 Å². The summed E-state index contributed by atoms with van der Waals surface area (Å²) in [6.07, 6.45) is 0.338.